The van der Waals surface area contributed by atoms with Crippen LogP contribution in [0.4, 0.5) is 13.2 Å². The molecule has 0 spiro atoms. The Morgan fingerprint density at radius 3 is 2.35 bits per heavy atom. The van der Waals surface area contributed by atoms with Gasteiger partial charge in [0.25, 0.3) is 0 Å². The molecule has 10 heteroatoms. The Morgan fingerprint density at radius 2 is 1.71 bits per heavy atom. The zero-order valence-corrected chi connectivity index (χ0v) is 18.2. The highest BCUT2D eigenvalue weighted by Gasteiger charge is 2.50. The van der Waals surface area contributed by atoms with Gasteiger partial charge in [-0.3, -0.25) is 4.90 Å². The van der Waals surface area contributed by atoms with Crippen LogP contribution in [0.15, 0.2) is 42.5 Å². The number of ether oxygens (including phenoxy) is 1. The van der Waals surface area contributed by atoms with Crippen molar-refractivity contribution >= 4 is 20.8 Å². The second-order valence-electron chi connectivity index (χ2n) is 7.66. The van der Waals surface area contributed by atoms with E-state index in [0.29, 0.717) is 17.5 Å². The van der Waals surface area contributed by atoms with Gasteiger partial charge in [0, 0.05) is 45.2 Å². The van der Waals surface area contributed by atoms with E-state index in [4.69, 9.17) is 10.5 Å². The second-order valence-corrected chi connectivity index (χ2v) is 9.59. The molecule has 2 unspecified atom stereocenters. The summed E-state index contributed by atoms with van der Waals surface area (Å²) in [6.07, 6.45) is 0.215. The number of piperazine rings is 1. The Morgan fingerprint density at radius 1 is 1.06 bits per heavy atom. The molecule has 1 heterocycles. The van der Waals surface area contributed by atoms with Crippen molar-refractivity contribution < 1.29 is 26.3 Å². The maximum Gasteiger partial charge on any atom is 0.511 e. The Bertz CT molecular complexity index is 971. The molecule has 0 amide bonds. The summed E-state index contributed by atoms with van der Waals surface area (Å²) >= 11 is 0. The lowest BCUT2D eigenvalue weighted by atomic mass is 9.91. The lowest BCUT2D eigenvalue weighted by Crippen LogP contribution is -2.53. The first-order valence-electron chi connectivity index (χ1n) is 10.3. The monoisotopic (exact) mass is 459 g/mol. The first-order chi connectivity index (χ1) is 14.6. The van der Waals surface area contributed by atoms with Crippen LogP contribution in [0.1, 0.15) is 24.8 Å². The van der Waals surface area contributed by atoms with Crippen molar-refractivity contribution in [3.63, 3.8) is 0 Å². The van der Waals surface area contributed by atoms with E-state index < -0.39 is 21.8 Å². The summed E-state index contributed by atoms with van der Waals surface area (Å²) in [4.78, 5) is 1.95. The van der Waals surface area contributed by atoms with E-state index >= 15 is 0 Å². The van der Waals surface area contributed by atoms with Crippen LogP contribution in [-0.2, 0) is 14.8 Å². The van der Waals surface area contributed by atoms with E-state index in [2.05, 4.69) is 0 Å². The standard InChI is InChI=1S/C21H28F3N3O3S/c1-2-14-30-20(25)19(18-9-5-7-16-6-3-4-8-17(16)18)15-26-10-12-27(13-11-26)31(28,29)21(22,23)24/h3-9,19-20H,2,10-15,25H2,1H3. The van der Waals surface area contributed by atoms with Gasteiger partial charge in [-0.15, -0.1) is 0 Å². The van der Waals surface area contributed by atoms with Gasteiger partial charge in [-0.2, -0.15) is 17.5 Å². The number of halogens is 3. The number of sulfonamides is 1. The Balaban J connectivity index is 1.79. The molecule has 0 aromatic heterocycles. The fraction of sp³-hybridized carbons (Fsp3) is 0.524. The topological polar surface area (TPSA) is 75.9 Å². The minimum absolute atomic E-state index is 0.192. The number of fused-ring (bicyclic) bond motifs is 1. The largest absolute Gasteiger partial charge is 0.511 e. The van der Waals surface area contributed by atoms with Crippen LogP contribution in [0.25, 0.3) is 10.8 Å². The summed E-state index contributed by atoms with van der Waals surface area (Å²) in [5.41, 5.74) is 2.12. The van der Waals surface area contributed by atoms with Crippen molar-refractivity contribution in [1.82, 2.24) is 9.21 Å². The second kappa shape index (κ2) is 9.83. The molecule has 1 aliphatic rings. The molecule has 1 aliphatic heterocycles. The molecule has 0 radical (unpaired) electrons. The van der Waals surface area contributed by atoms with Gasteiger partial charge in [-0.1, -0.05) is 49.4 Å². The zero-order chi connectivity index (χ0) is 22.6. The van der Waals surface area contributed by atoms with E-state index in [-0.39, 0.29) is 32.1 Å². The van der Waals surface area contributed by atoms with Gasteiger partial charge in [0.2, 0.25) is 0 Å². The average molecular weight is 460 g/mol. The van der Waals surface area contributed by atoms with Crippen LogP contribution in [-0.4, -0.2) is 68.7 Å². The van der Waals surface area contributed by atoms with Crippen molar-refractivity contribution in [1.29, 1.82) is 0 Å². The van der Waals surface area contributed by atoms with Crippen LogP contribution in [0.3, 0.4) is 0 Å². The third-order valence-corrected chi connectivity index (χ3v) is 7.18. The molecule has 1 fully saturated rings. The van der Waals surface area contributed by atoms with Gasteiger partial charge < -0.3 is 10.5 Å². The predicted molar refractivity (Wildman–Crippen MR) is 114 cm³/mol. The number of benzene rings is 2. The Labute approximate surface area is 180 Å². The highest BCUT2D eigenvalue weighted by Crippen LogP contribution is 2.31. The Kier molecular flexibility index (Phi) is 7.59. The van der Waals surface area contributed by atoms with E-state index in [1.807, 2.05) is 54.3 Å². The van der Waals surface area contributed by atoms with Crippen LogP contribution in [0, 0.1) is 0 Å². The van der Waals surface area contributed by atoms with Gasteiger partial charge in [-0.25, -0.2) is 8.42 Å². The lowest BCUT2D eigenvalue weighted by Gasteiger charge is -2.37. The van der Waals surface area contributed by atoms with Crippen LogP contribution in [0.5, 0.6) is 0 Å². The number of rotatable bonds is 8. The first kappa shape index (κ1) is 23.9. The van der Waals surface area contributed by atoms with Gasteiger partial charge in [0.1, 0.15) is 6.23 Å². The number of alkyl halides is 3. The average Bonchev–Trinajstić information content (AvgIpc) is 2.75. The van der Waals surface area contributed by atoms with Crippen molar-refractivity contribution in [2.75, 3.05) is 39.3 Å². The summed E-state index contributed by atoms with van der Waals surface area (Å²) in [6.45, 7) is 2.90. The molecule has 2 atom stereocenters. The fourth-order valence-electron chi connectivity index (χ4n) is 3.90. The van der Waals surface area contributed by atoms with Gasteiger partial charge in [-0.05, 0) is 22.8 Å². The number of nitrogens with two attached hydrogens (primary N) is 1. The minimum Gasteiger partial charge on any atom is -0.363 e. The molecule has 31 heavy (non-hydrogen) atoms. The highest BCUT2D eigenvalue weighted by atomic mass is 32.2. The third-order valence-electron chi connectivity index (χ3n) is 5.55. The normalized spacial score (nSPS) is 18.9. The quantitative estimate of drug-likeness (QED) is 0.614. The minimum atomic E-state index is -5.30. The summed E-state index contributed by atoms with van der Waals surface area (Å²) < 4.78 is 68.2. The molecule has 3 rings (SSSR count). The summed E-state index contributed by atoms with van der Waals surface area (Å²) in [7, 11) is -5.30. The molecule has 2 N–H and O–H groups in total. The molecular weight excluding hydrogens is 431 g/mol. The SMILES string of the molecule is CCCOC(N)C(CN1CCN(S(=O)(=O)C(F)(F)F)CC1)c1cccc2ccccc12. The molecule has 1 saturated heterocycles. The highest BCUT2D eigenvalue weighted by molar-refractivity contribution is 7.90. The van der Waals surface area contributed by atoms with E-state index in [1.165, 1.54) is 0 Å². The number of nitrogens with zero attached hydrogens (tertiary/aromatic N) is 2. The van der Waals surface area contributed by atoms with Gasteiger partial charge in [0.05, 0.1) is 0 Å². The van der Waals surface area contributed by atoms with Gasteiger partial charge in [0.15, 0.2) is 0 Å². The molecule has 0 aliphatic carbocycles. The summed E-state index contributed by atoms with van der Waals surface area (Å²) in [5.74, 6) is -0.219. The van der Waals surface area contributed by atoms with E-state index in [1.54, 1.807) is 0 Å². The zero-order valence-electron chi connectivity index (χ0n) is 17.4. The fourth-order valence-corrected chi connectivity index (χ4v) is 4.84. The molecular formula is C21H28F3N3O3S. The van der Waals surface area contributed by atoms with Crippen LogP contribution in [0.2, 0.25) is 0 Å². The molecule has 172 valence electrons. The smallest absolute Gasteiger partial charge is 0.363 e. The number of hydrogen-bond acceptors (Lipinski definition) is 5. The lowest BCUT2D eigenvalue weighted by molar-refractivity contribution is -0.0501. The molecule has 0 saturated carbocycles. The maximum atomic E-state index is 12.8. The van der Waals surface area contributed by atoms with Crippen molar-refractivity contribution in [2.45, 2.75) is 31.0 Å². The molecule has 2 aromatic carbocycles. The van der Waals surface area contributed by atoms with Crippen molar-refractivity contribution in [3.05, 3.63) is 48.0 Å². The van der Waals surface area contributed by atoms with Crippen molar-refractivity contribution in [2.24, 2.45) is 5.73 Å². The third kappa shape index (κ3) is 5.38. The first-order valence-corrected chi connectivity index (χ1v) is 11.7. The summed E-state index contributed by atoms with van der Waals surface area (Å²) in [6, 6.07) is 13.9. The summed E-state index contributed by atoms with van der Waals surface area (Å²) in [5, 5.41) is 2.11. The molecule has 6 nitrogen and oxygen atoms in total. The molecule has 2 aromatic rings. The Hall–Kier alpha value is -1.72. The van der Waals surface area contributed by atoms with Crippen molar-refractivity contribution in [3.8, 4) is 0 Å². The van der Waals surface area contributed by atoms with Crippen LogP contribution >= 0.6 is 0 Å². The predicted octanol–water partition coefficient (Wildman–Crippen LogP) is 3.10. The number of hydrogen-bond donors (Lipinski definition) is 1. The van der Waals surface area contributed by atoms with Gasteiger partial charge >= 0.3 is 15.5 Å². The van der Waals surface area contributed by atoms with E-state index in [9.17, 15) is 21.6 Å². The molecule has 0 bridgehead atoms. The van der Waals surface area contributed by atoms with E-state index in [0.717, 1.165) is 22.8 Å². The maximum absolute atomic E-state index is 12.8. The van der Waals surface area contributed by atoms with Crippen LogP contribution < -0.4 is 5.73 Å².